The maximum Gasteiger partial charge on any atom is 0.215 e. The van der Waals surface area contributed by atoms with E-state index in [0.717, 1.165) is 131 Å². The van der Waals surface area contributed by atoms with Gasteiger partial charge in [-0.1, -0.05) is 0 Å². The SMILES string of the molecule is CN(C)CCCNP1(NCCC[N+](C)(C)C)=NP(NCCCN(C)C)(NCCC[N+](C)(C)C)=NP(NCCCN(C)C)(NCCC[N+](C)(C)C)=N1. The molecule has 1 aliphatic heterocycles. The summed E-state index contributed by atoms with van der Waals surface area (Å²) in [4.78, 5) is 6.76. The van der Waals surface area contributed by atoms with Gasteiger partial charge in [-0.15, -0.1) is 0 Å². The Kier molecular flexibility index (Phi) is 22.5. The first-order valence-electron chi connectivity index (χ1n) is 19.3. The second kappa shape index (κ2) is 23.3. The summed E-state index contributed by atoms with van der Waals surface area (Å²) >= 11 is 0. The first-order chi connectivity index (χ1) is 23.5. The minimum Gasteiger partial charge on any atom is -0.331 e. The highest BCUT2D eigenvalue weighted by molar-refractivity contribution is 7.83. The molecule has 0 bridgehead atoms. The molecule has 1 aliphatic rings. The minimum absolute atomic E-state index is 0.839. The Balaban J connectivity index is 3.91. The van der Waals surface area contributed by atoms with Gasteiger partial charge in [-0.3, -0.25) is 30.5 Å². The first kappa shape index (κ1) is 49.2. The van der Waals surface area contributed by atoms with Crippen LogP contribution in [0.1, 0.15) is 38.5 Å². The number of nitrogens with one attached hydrogen (secondary N) is 6. The second-order valence-corrected chi connectivity index (χ2v) is 25.7. The molecule has 0 saturated heterocycles. The van der Waals surface area contributed by atoms with Gasteiger partial charge in [0.05, 0.1) is 83.1 Å². The molecule has 6 N–H and O–H groups in total. The van der Waals surface area contributed by atoms with Crippen molar-refractivity contribution >= 4 is 22.5 Å². The molecule has 0 amide bonds. The van der Waals surface area contributed by atoms with E-state index in [2.05, 4.69) is 151 Å². The lowest BCUT2D eigenvalue weighted by molar-refractivity contribution is -0.870. The Hall–Kier alpha value is 0.210. The van der Waals surface area contributed by atoms with E-state index < -0.39 is 22.5 Å². The largest absolute Gasteiger partial charge is 0.331 e. The third kappa shape index (κ3) is 24.4. The van der Waals surface area contributed by atoms with Crippen molar-refractivity contribution in [2.45, 2.75) is 38.5 Å². The van der Waals surface area contributed by atoms with E-state index in [-0.39, 0.29) is 0 Å². The zero-order chi connectivity index (χ0) is 38.8. The van der Waals surface area contributed by atoms with Gasteiger partial charge in [0.25, 0.3) is 0 Å². The summed E-state index contributed by atoms with van der Waals surface area (Å²) in [7, 11) is 25.4. The summed E-state index contributed by atoms with van der Waals surface area (Å²) < 4.78 is 20.2. The fraction of sp³-hybridized carbons (Fsp3) is 1.00. The molecule has 18 heteroatoms. The molecule has 1 heterocycles. The minimum atomic E-state index is -2.62. The predicted molar refractivity (Wildman–Crippen MR) is 228 cm³/mol. The van der Waals surface area contributed by atoms with Gasteiger partial charge in [-0.25, -0.2) is 0 Å². The van der Waals surface area contributed by atoms with E-state index in [9.17, 15) is 0 Å². The van der Waals surface area contributed by atoms with Crippen LogP contribution in [0.5, 0.6) is 0 Å². The van der Waals surface area contributed by atoms with Gasteiger partial charge in [0.2, 0.25) is 22.5 Å². The molecule has 0 aromatic rings. The van der Waals surface area contributed by atoms with Crippen LogP contribution in [0, 0.1) is 0 Å². The van der Waals surface area contributed by atoms with Crippen LogP contribution in [0.3, 0.4) is 0 Å². The fourth-order valence-electron chi connectivity index (χ4n) is 5.42. The van der Waals surface area contributed by atoms with Crippen molar-refractivity contribution in [3.63, 3.8) is 0 Å². The maximum atomic E-state index is 5.81. The highest BCUT2D eigenvalue weighted by atomic mass is 31.3. The molecule has 51 heavy (non-hydrogen) atoms. The molecule has 0 aromatic heterocycles. The number of hydrogen-bond acceptors (Lipinski definition) is 12. The normalized spacial score (nSPS) is 23.2. The van der Waals surface area contributed by atoms with Crippen molar-refractivity contribution in [1.82, 2.24) is 45.2 Å². The van der Waals surface area contributed by atoms with Crippen molar-refractivity contribution in [3.05, 3.63) is 0 Å². The Morgan fingerprint density at radius 2 is 0.549 bits per heavy atom. The Bertz CT molecular complexity index is 968. The third-order valence-electron chi connectivity index (χ3n) is 8.13. The van der Waals surface area contributed by atoms with Gasteiger partial charge >= 0.3 is 0 Å². The topological polar surface area (TPSA) is 119 Å². The highest BCUT2D eigenvalue weighted by Crippen LogP contribution is 2.70. The molecule has 0 saturated carbocycles. The molecule has 0 unspecified atom stereocenters. The Labute approximate surface area is 316 Å². The van der Waals surface area contributed by atoms with Gasteiger partial charge in [0.1, 0.15) is 0 Å². The average molecular weight is 787 g/mol. The summed E-state index contributed by atoms with van der Waals surface area (Å²) in [5.41, 5.74) is 0. The molecule has 0 aliphatic carbocycles. The summed E-state index contributed by atoms with van der Waals surface area (Å²) in [6.45, 7) is 11.3. The zero-order valence-electron chi connectivity index (χ0n) is 36.1. The smallest absolute Gasteiger partial charge is 0.215 e. The van der Waals surface area contributed by atoms with Crippen molar-refractivity contribution in [1.29, 1.82) is 0 Å². The number of quaternary nitrogens is 3. The quantitative estimate of drug-likeness (QED) is 0.0370. The molecule has 0 fully saturated rings. The molecule has 1 rings (SSSR count). The van der Waals surface area contributed by atoms with E-state index >= 15 is 0 Å². The van der Waals surface area contributed by atoms with Gasteiger partial charge in [0, 0.05) is 58.5 Å². The third-order valence-corrected chi connectivity index (χ3v) is 18.3. The molecule has 0 radical (unpaired) electrons. The molecule has 0 spiro atoms. The summed E-state index contributed by atoms with van der Waals surface area (Å²) in [6, 6.07) is 0. The molecule has 0 aromatic carbocycles. The van der Waals surface area contributed by atoms with E-state index in [1.54, 1.807) is 0 Å². The zero-order valence-corrected chi connectivity index (χ0v) is 38.8. The Morgan fingerprint density at radius 3 is 0.725 bits per heavy atom. The lowest BCUT2D eigenvalue weighted by Gasteiger charge is -2.38. The van der Waals surface area contributed by atoms with Gasteiger partial charge < -0.3 is 28.1 Å². The number of rotatable bonds is 30. The summed E-state index contributed by atoms with van der Waals surface area (Å²) in [5, 5.41) is 24.0. The molecule has 15 nitrogen and oxygen atoms in total. The highest BCUT2D eigenvalue weighted by Gasteiger charge is 2.37. The van der Waals surface area contributed by atoms with Gasteiger partial charge in [0.15, 0.2) is 0 Å². The molecular formula is C33H87N15P3+3. The molecule has 306 valence electrons. The van der Waals surface area contributed by atoms with Crippen LogP contribution in [0.15, 0.2) is 13.5 Å². The van der Waals surface area contributed by atoms with Crippen LogP contribution in [0.2, 0.25) is 0 Å². The lowest BCUT2D eigenvalue weighted by atomic mass is 10.4. The van der Waals surface area contributed by atoms with Crippen molar-refractivity contribution in [2.75, 3.05) is 184 Å². The monoisotopic (exact) mass is 787 g/mol. The van der Waals surface area contributed by atoms with Crippen LogP contribution in [0.4, 0.5) is 0 Å². The standard InChI is InChI=1S/C33H87N15P3/c1-43(2)28-16-22-34-49(37-25-19-31-46(7,8)9)40-50(35-23-17-29-44(3)4,38-26-20-32-47(10,11)12)42-51(41-49,36-24-18-30-45(5)6)39-27-21-33-48(13,14)15/h34-39H,16-33H2,1-15H3/q+3. The van der Waals surface area contributed by atoms with Crippen LogP contribution >= 0.6 is 22.5 Å². The van der Waals surface area contributed by atoms with Crippen LogP contribution in [-0.2, 0) is 0 Å². The van der Waals surface area contributed by atoms with Crippen LogP contribution in [-0.4, -0.2) is 212 Å². The lowest BCUT2D eigenvalue weighted by Crippen LogP contribution is -2.38. The number of hydrogen-bond donors (Lipinski definition) is 6. The second-order valence-electron chi connectivity index (χ2n) is 18.1. The van der Waals surface area contributed by atoms with Gasteiger partial charge in [-0.2, -0.15) is 13.5 Å². The van der Waals surface area contributed by atoms with Gasteiger partial charge in [-0.05, 0) is 81.2 Å². The van der Waals surface area contributed by atoms with Crippen LogP contribution in [0.25, 0.3) is 0 Å². The predicted octanol–water partition coefficient (Wildman–Crippen LogP) is 3.52. The van der Waals surface area contributed by atoms with Crippen molar-refractivity contribution in [2.24, 2.45) is 13.5 Å². The maximum absolute atomic E-state index is 5.81. The number of nitrogens with zero attached hydrogens (tertiary/aromatic N) is 9. The average Bonchev–Trinajstić information content (AvgIpc) is 2.97. The molecule has 0 atom stereocenters. The first-order valence-corrected chi connectivity index (χ1v) is 24.4. The molecular weight excluding hydrogens is 699 g/mol. The fourth-order valence-corrected chi connectivity index (χ4v) is 17.5. The Morgan fingerprint density at radius 1 is 0.353 bits per heavy atom. The van der Waals surface area contributed by atoms with Crippen molar-refractivity contribution < 1.29 is 13.4 Å². The van der Waals surface area contributed by atoms with E-state index in [1.807, 2.05) is 0 Å². The summed E-state index contributed by atoms with van der Waals surface area (Å²) in [5.74, 6) is 0. The van der Waals surface area contributed by atoms with Crippen molar-refractivity contribution in [3.8, 4) is 0 Å². The van der Waals surface area contributed by atoms with E-state index in [4.69, 9.17) is 13.5 Å². The summed E-state index contributed by atoms with van der Waals surface area (Å²) in [6.07, 6.45) is 6.20. The van der Waals surface area contributed by atoms with Crippen LogP contribution < -0.4 is 30.5 Å². The van der Waals surface area contributed by atoms with E-state index in [1.165, 1.54) is 0 Å². The van der Waals surface area contributed by atoms with E-state index in [0.29, 0.717) is 0 Å².